The summed E-state index contributed by atoms with van der Waals surface area (Å²) in [6.07, 6.45) is 0. The summed E-state index contributed by atoms with van der Waals surface area (Å²) in [6.45, 7) is 46.3. The van der Waals surface area contributed by atoms with Crippen molar-refractivity contribution in [3.05, 3.63) is 226 Å². The Morgan fingerprint density at radius 3 is 1.28 bits per heavy atom. The monoisotopic (exact) mass is 1130 g/mol. The maximum Gasteiger partial charge on any atom is 0.256 e. The first-order valence-electron chi connectivity index (χ1n) is 31.4. The van der Waals surface area contributed by atoms with Gasteiger partial charge in [0.1, 0.15) is 11.5 Å². The maximum absolute atomic E-state index is 7.45. The van der Waals surface area contributed by atoms with Crippen LogP contribution in [0.5, 0.6) is 11.5 Å². The minimum absolute atomic E-state index is 0.00312. The summed E-state index contributed by atoms with van der Waals surface area (Å²) in [5, 5.41) is 0. The van der Waals surface area contributed by atoms with Crippen molar-refractivity contribution in [1.82, 2.24) is 0 Å². The van der Waals surface area contributed by atoms with Crippen LogP contribution in [0.4, 0.5) is 51.2 Å². The van der Waals surface area contributed by atoms with E-state index >= 15 is 0 Å². The van der Waals surface area contributed by atoms with Crippen molar-refractivity contribution in [2.45, 2.75) is 176 Å². The molecule has 0 spiro atoms. The lowest BCUT2D eigenvalue weighted by molar-refractivity contribution is 0.483. The van der Waals surface area contributed by atoms with Crippen molar-refractivity contribution >= 4 is 74.3 Å². The number of nitrogens with zero attached hydrogens (tertiary/aromatic N) is 3. The molecule has 12 rings (SSSR count). The summed E-state index contributed by atoms with van der Waals surface area (Å²) >= 11 is 0. The van der Waals surface area contributed by atoms with Gasteiger partial charge in [0.15, 0.2) is 0 Å². The second-order valence-electron chi connectivity index (χ2n) is 31.7. The number of ether oxygens (including phenoxy) is 1. The summed E-state index contributed by atoms with van der Waals surface area (Å²) in [5.41, 5.74) is 26.1. The van der Waals surface area contributed by atoms with Gasteiger partial charge in [0.25, 0.3) is 6.71 Å². The van der Waals surface area contributed by atoms with Crippen molar-refractivity contribution in [2.75, 3.05) is 14.7 Å². The maximum atomic E-state index is 7.45. The number of anilines is 9. The van der Waals surface area contributed by atoms with E-state index in [1.54, 1.807) is 0 Å². The van der Waals surface area contributed by atoms with Crippen LogP contribution in [-0.4, -0.2) is 6.71 Å². The standard InChI is InChI=1S/C81H90BN3O/c1-75(2,3)51-25-34-57(35-26-51)83(58-36-27-52(28-37-58)76(4,5)6)61-42-44-71-67(49-61)82-66-45-55(79(13,14)15)33-43-68(66)85(70-46-56(80(16,17)18)47-72(86-71)74(70)82)62-48-65-73(63-23-21-22-24-64(63)81(65,19)20)69(50-62)84(59-38-29-53(30-39-59)77(7,8)9)60-40-31-54(32-41-60)78(10,11)12/h21-50H,1-20H3. The smallest absolute Gasteiger partial charge is 0.256 e. The first kappa shape index (κ1) is 58.6. The molecule has 0 N–H and O–H groups in total. The van der Waals surface area contributed by atoms with Crippen molar-refractivity contribution in [1.29, 1.82) is 0 Å². The van der Waals surface area contributed by atoms with Crippen molar-refractivity contribution < 1.29 is 4.74 Å². The quantitative estimate of drug-likeness (QED) is 0.148. The third-order valence-electron chi connectivity index (χ3n) is 18.9. The lowest BCUT2D eigenvalue weighted by Gasteiger charge is -2.42. The van der Waals surface area contributed by atoms with Gasteiger partial charge in [0.2, 0.25) is 0 Å². The van der Waals surface area contributed by atoms with Crippen molar-refractivity contribution in [3.63, 3.8) is 0 Å². The van der Waals surface area contributed by atoms with E-state index in [0.717, 1.165) is 62.5 Å². The van der Waals surface area contributed by atoms with Crippen LogP contribution < -0.4 is 35.8 Å². The van der Waals surface area contributed by atoms with Crippen molar-refractivity contribution in [2.24, 2.45) is 0 Å². The normalized spacial score (nSPS) is 14.4. The molecule has 9 aromatic rings. The highest BCUT2D eigenvalue weighted by atomic mass is 16.5. The predicted molar refractivity (Wildman–Crippen MR) is 371 cm³/mol. The molecule has 0 fully saturated rings. The Morgan fingerprint density at radius 2 is 0.802 bits per heavy atom. The van der Waals surface area contributed by atoms with E-state index < -0.39 is 0 Å². The topological polar surface area (TPSA) is 19.0 Å². The zero-order valence-corrected chi connectivity index (χ0v) is 55.1. The molecule has 1 aliphatic carbocycles. The molecule has 0 saturated heterocycles. The van der Waals surface area contributed by atoms with Gasteiger partial charge in [-0.1, -0.05) is 223 Å². The van der Waals surface area contributed by atoms with E-state index in [-0.39, 0.29) is 44.6 Å². The van der Waals surface area contributed by atoms with Gasteiger partial charge in [-0.15, -0.1) is 0 Å². The highest BCUT2D eigenvalue weighted by Crippen LogP contribution is 2.57. The van der Waals surface area contributed by atoms with E-state index in [2.05, 4.69) is 335 Å². The molecule has 4 nitrogen and oxygen atoms in total. The van der Waals surface area contributed by atoms with E-state index in [4.69, 9.17) is 4.74 Å². The highest BCUT2D eigenvalue weighted by Gasteiger charge is 2.46. The zero-order chi connectivity index (χ0) is 61.6. The van der Waals surface area contributed by atoms with Gasteiger partial charge < -0.3 is 19.4 Å². The fourth-order valence-electron chi connectivity index (χ4n) is 13.5. The zero-order valence-electron chi connectivity index (χ0n) is 55.1. The molecule has 438 valence electrons. The van der Waals surface area contributed by atoms with Gasteiger partial charge in [-0.3, -0.25) is 0 Å². The van der Waals surface area contributed by atoms with Gasteiger partial charge in [-0.2, -0.15) is 0 Å². The molecule has 0 saturated carbocycles. The van der Waals surface area contributed by atoms with Crippen LogP contribution in [0.2, 0.25) is 0 Å². The average Bonchev–Trinajstić information content (AvgIpc) is 1.07. The van der Waals surface area contributed by atoms with Gasteiger partial charge in [0, 0.05) is 56.5 Å². The third kappa shape index (κ3) is 10.2. The SMILES string of the molecule is CC(C)(C)c1ccc(N(c2ccc(C(C)(C)C)cc2)c2ccc3c(c2)B2c4cc(C(C)(C)C)ccc4N(c4cc(N(c5ccc(C(C)(C)C)cc5)c5ccc(C(C)(C)C)cc5)c5c(c4)C(C)(C)c4ccccc4-5)c4cc(C(C)(C)C)cc(c42)O3)cc1. The second-order valence-corrected chi connectivity index (χ2v) is 31.7. The van der Waals surface area contributed by atoms with Crippen LogP contribution in [0.25, 0.3) is 11.1 Å². The van der Waals surface area contributed by atoms with E-state index in [9.17, 15) is 0 Å². The molecular formula is C81H90BN3O. The molecule has 5 heteroatoms. The van der Waals surface area contributed by atoms with E-state index in [1.807, 2.05) is 0 Å². The number of hydrogen-bond donors (Lipinski definition) is 0. The highest BCUT2D eigenvalue weighted by molar-refractivity contribution is 6.99. The first-order valence-corrected chi connectivity index (χ1v) is 31.4. The van der Waals surface area contributed by atoms with Crippen LogP contribution in [0.1, 0.15) is 183 Å². The fraction of sp³-hybridized carbons (Fsp3) is 0.333. The first-order chi connectivity index (χ1) is 40.2. The molecule has 9 aromatic carbocycles. The molecule has 0 atom stereocenters. The molecule has 0 radical (unpaired) electrons. The van der Waals surface area contributed by atoms with E-state index in [0.29, 0.717) is 0 Å². The molecule has 2 aliphatic heterocycles. The minimum Gasteiger partial charge on any atom is -0.458 e. The fourth-order valence-corrected chi connectivity index (χ4v) is 13.5. The lowest BCUT2D eigenvalue weighted by atomic mass is 9.34. The summed E-state index contributed by atoms with van der Waals surface area (Å²) in [4.78, 5) is 7.58. The molecule has 86 heavy (non-hydrogen) atoms. The summed E-state index contributed by atoms with van der Waals surface area (Å²) < 4.78 is 7.45. The number of benzene rings is 9. The van der Waals surface area contributed by atoms with Crippen LogP contribution in [-0.2, 0) is 37.9 Å². The van der Waals surface area contributed by atoms with Crippen LogP contribution in [0.15, 0.2) is 182 Å². The predicted octanol–water partition coefficient (Wildman–Crippen LogP) is 21.1. The summed E-state index contributed by atoms with van der Waals surface area (Å²) in [5.74, 6) is 1.80. The van der Waals surface area contributed by atoms with Crippen LogP contribution in [0, 0.1) is 0 Å². The van der Waals surface area contributed by atoms with Crippen molar-refractivity contribution in [3.8, 4) is 22.6 Å². The summed E-state index contributed by atoms with van der Waals surface area (Å²) in [7, 11) is 0. The number of rotatable bonds is 7. The van der Waals surface area contributed by atoms with Gasteiger partial charge >= 0.3 is 0 Å². The Bertz CT molecular complexity index is 3970. The van der Waals surface area contributed by atoms with Crippen LogP contribution in [0.3, 0.4) is 0 Å². The molecule has 0 unspecified atom stereocenters. The largest absolute Gasteiger partial charge is 0.458 e. The van der Waals surface area contributed by atoms with E-state index in [1.165, 1.54) is 72.2 Å². The van der Waals surface area contributed by atoms with Gasteiger partial charge in [0.05, 0.1) is 5.69 Å². The molecule has 0 amide bonds. The summed E-state index contributed by atoms with van der Waals surface area (Å²) in [6, 6.07) is 70.4. The third-order valence-corrected chi connectivity index (χ3v) is 18.9. The molecule has 0 aromatic heterocycles. The second kappa shape index (κ2) is 20.2. The Morgan fingerprint density at radius 1 is 0.360 bits per heavy atom. The Balaban J connectivity index is 1.13. The van der Waals surface area contributed by atoms with Gasteiger partial charge in [-0.05, 0) is 196 Å². The lowest BCUT2D eigenvalue weighted by Crippen LogP contribution is -2.60. The Kier molecular flexibility index (Phi) is 13.7. The molecule has 0 bridgehead atoms. The average molecular weight is 1130 g/mol. The van der Waals surface area contributed by atoms with Crippen LogP contribution >= 0.6 is 0 Å². The molecular weight excluding hydrogens is 1040 g/mol. The molecule has 3 aliphatic rings. The van der Waals surface area contributed by atoms with Gasteiger partial charge in [-0.25, -0.2) is 0 Å². The number of hydrogen-bond acceptors (Lipinski definition) is 4. The minimum atomic E-state index is -0.317. The molecule has 2 heterocycles. The number of fused-ring (bicyclic) bond motifs is 7. The Hall–Kier alpha value is -7.76. The Labute approximate surface area is 516 Å².